The Hall–Kier alpha value is -2.98. The van der Waals surface area contributed by atoms with E-state index in [-0.39, 0.29) is 23.0 Å². The van der Waals surface area contributed by atoms with Gasteiger partial charge < -0.3 is 15.0 Å². The van der Waals surface area contributed by atoms with E-state index in [1.165, 1.54) is 17.4 Å². The van der Waals surface area contributed by atoms with E-state index in [2.05, 4.69) is 10.3 Å². The van der Waals surface area contributed by atoms with Gasteiger partial charge in [-0.05, 0) is 48.4 Å². The van der Waals surface area contributed by atoms with Gasteiger partial charge >= 0.3 is 0 Å². The van der Waals surface area contributed by atoms with Crippen LogP contribution in [0.25, 0.3) is 10.2 Å². The summed E-state index contributed by atoms with van der Waals surface area (Å²) in [5.41, 5.74) is 2.33. The molecule has 10 heteroatoms. The maximum Gasteiger partial charge on any atom is 0.227 e. The minimum atomic E-state index is -3.64. The first-order valence-electron chi connectivity index (χ1n) is 10.2. The summed E-state index contributed by atoms with van der Waals surface area (Å²) >= 11 is 1.30. The molecule has 0 radical (unpaired) electrons. The van der Waals surface area contributed by atoms with Crippen molar-refractivity contribution in [1.29, 1.82) is 0 Å². The van der Waals surface area contributed by atoms with Crippen LogP contribution in [0.2, 0.25) is 0 Å². The Balaban J connectivity index is 1.41. The maximum atomic E-state index is 12.8. The molecule has 0 unspecified atom stereocenters. The Bertz CT molecular complexity index is 1300. The molecule has 0 spiro atoms. The molecule has 1 aliphatic rings. The quantitative estimate of drug-likeness (QED) is 0.564. The second kappa shape index (κ2) is 8.87. The van der Waals surface area contributed by atoms with Crippen LogP contribution in [0.15, 0.2) is 41.3 Å². The summed E-state index contributed by atoms with van der Waals surface area (Å²) in [6.07, 6.45) is 0.837. The van der Waals surface area contributed by atoms with Crippen LogP contribution in [-0.4, -0.2) is 44.6 Å². The average Bonchev–Trinajstić information content (AvgIpc) is 3.39. The fraction of sp³-hybridized carbons (Fsp3) is 0.318. The van der Waals surface area contributed by atoms with Crippen molar-refractivity contribution in [2.45, 2.75) is 31.1 Å². The van der Waals surface area contributed by atoms with E-state index in [1.54, 1.807) is 43.2 Å². The zero-order valence-corrected chi connectivity index (χ0v) is 19.4. The Labute approximate surface area is 190 Å². The van der Waals surface area contributed by atoms with Crippen LogP contribution in [-0.2, 0) is 25.8 Å². The number of methoxy groups -OCH3 is 1. The summed E-state index contributed by atoms with van der Waals surface area (Å²) in [7, 11) is -2.07. The minimum Gasteiger partial charge on any atom is -0.497 e. The molecule has 2 heterocycles. The standard InChI is InChI=1S/C22H23N3O5S2/c1-3-21(27)25-10-8-14-12-16(5-7-18(14)25)32(28,29)11-9-20(26)24-22-23-17-6-4-15(30-2)13-19(17)31-22/h4-7,12-13H,3,8-11H2,1-2H3,(H,23,24,26). The third-order valence-corrected chi connectivity index (χ3v) is 8.00. The molecule has 0 atom stereocenters. The molecule has 1 aromatic heterocycles. The van der Waals surface area contributed by atoms with E-state index in [1.807, 2.05) is 6.07 Å². The molecule has 8 nitrogen and oxygen atoms in total. The first-order valence-corrected chi connectivity index (χ1v) is 12.7. The third-order valence-electron chi connectivity index (χ3n) is 5.35. The predicted molar refractivity (Wildman–Crippen MR) is 124 cm³/mol. The average molecular weight is 474 g/mol. The molecule has 0 fully saturated rings. The number of anilines is 2. The van der Waals surface area contributed by atoms with E-state index < -0.39 is 15.7 Å². The Morgan fingerprint density at radius 2 is 2.03 bits per heavy atom. The molecule has 168 valence electrons. The normalized spacial score (nSPS) is 13.2. The van der Waals surface area contributed by atoms with Crippen LogP contribution in [0, 0.1) is 0 Å². The lowest BCUT2D eigenvalue weighted by Crippen LogP contribution is -2.27. The number of sulfone groups is 1. The molecule has 2 aromatic carbocycles. The van der Waals surface area contributed by atoms with Gasteiger partial charge in [-0.25, -0.2) is 13.4 Å². The number of carbonyl (C=O) groups is 2. The van der Waals surface area contributed by atoms with Gasteiger partial charge in [0, 0.05) is 25.1 Å². The van der Waals surface area contributed by atoms with Crippen molar-refractivity contribution in [1.82, 2.24) is 4.98 Å². The number of hydrogen-bond acceptors (Lipinski definition) is 7. The number of amides is 2. The zero-order valence-electron chi connectivity index (χ0n) is 17.8. The molecule has 1 N–H and O–H groups in total. The summed E-state index contributed by atoms with van der Waals surface area (Å²) in [6, 6.07) is 10.2. The molecule has 2 amide bonds. The van der Waals surface area contributed by atoms with Crippen molar-refractivity contribution in [3.63, 3.8) is 0 Å². The number of rotatable bonds is 7. The van der Waals surface area contributed by atoms with Gasteiger partial charge in [-0.2, -0.15) is 0 Å². The summed E-state index contributed by atoms with van der Waals surface area (Å²) in [5.74, 6) is -0.0139. The molecule has 0 saturated heterocycles. The molecule has 0 bridgehead atoms. The molecule has 32 heavy (non-hydrogen) atoms. The topological polar surface area (TPSA) is 106 Å². The van der Waals surface area contributed by atoms with Crippen LogP contribution in [0.5, 0.6) is 5.75 Å². The Morgan fingerprint density at radius 3 is 2.78 bits per heavy atom. The molecule has 1 aliphatic heterocycles. The van der Waals surface area contributed by atoms with Gasteiger partial charge in [-0.1, -0.05) is 18.3 Å². The molecule has 4 rings (SSSR count). The van der Waals surface area contributed by atoms with E-state index in [0.29, 0.717) is 30.3 Å². The van der Waals surface area contributed by atoms with Gasteiger partial charge in [0.2, 0.25) is 11.8 Å². The summed E-state index contributed by atoms with van der Waals surface area (Å²) < 4.78 is 31.6. The third kappa shape index (κ3) is 4.46. The number of ether oxygens (including phenoxy) is 1. The number of carbonyl (C=O) groups excluding carboxylic acids is 2. The molecular formula is C22H23N3O5S2. The number of nitrogens with zero attached hydrogens (tertiary/aromatic N) is 2. The first kappa shape index (κ1) is 22.2. The van der Waals surface area contributed by atoms with Crippen molar-refractivity contribution < 1.29 is 22.7 Å². The molecule has 3 aromatic rings. The number of fused-ring (bicyclic) bond motifs is 2. The van der Waals surface area contributed by atoms with E-state index in [0.717, 1.165) is 21.5 Å². The van der Waals surface area contributed by atoms with Crippen LogP contribution in [0.4, 0.5) is 10.8 Å². The summed E-state index contributed by atoms with van der Waals surface area (Å²) in [6.45, 7) is 2.36. The van der Waals surface area contributed by atoms with Gasteiger partial charge in [0.15, 0.2) is 15.0 Å². The number of thiazole rings is 1. The second-order valence-corrected chi connectivity index (χ2v) is 10.5. The molecule has 0 saturated carbocycles. The Kier molecular flexibility index (Phi) is 6.16. The second-order valence-electron chi connectivity index (χ2n) is 7.41. The smallest absolute Gasteiger partial charge is 0.227 e. The first-order chi connectivity index (χ1) is 15.3. The van der Waals surface area contributed by atoms with Crippen molar-refractivity contribution in [2.24, 2.45) is 0 Å². The highest BCUT2D eigenvalue weighted by molar-refractivity contribution is 7.91. The predicted octanol–water partition coefficient (Wildman–Crippen LogP) is 3.41. The van der Waals surface area contributed by atoms with Crippen molar-refractivity contribution in [2.75, 3.05) is 29.6 Å². The zero-order chi connectivity index (χ0) is 22.9. The largest absolute Gasteiger partial charge is 0.497 e. The van der Waals surface area contributed by atoms with Gasteiger partial charge in [-0.15, -0.1) is 0 Å². The summed E-state index contributed by atoms with van der Waals surface area (Å²) in [5, 5.41) is 3.09. The van der Waals surface area contributed by atoms with Crippen LogP contribution in [0.3, 0.4) is 0 Å². The highest BCUT2D eigenvalue weighted by atomic mass is 32.2. The van der Waals surface area contributed by atoms with Gasteiger partial charge in [0.25, 0.3) is 0 Å². The number of hydrogen-bond donors (Lipinski definition) is 1. The Morgan fingerprint density at radius 1 is 1.22 bits per heavy atom. The van der Waals surface area contributed by atoms with Crippen molar-refractivity contribution in [3.05, 3.63) is 42.0 Å². The minimum absolute atomic E-state index is 0.0179. The number of nitrogens with one attached hydrogen (secondary N) is 1. The van der Waals surface area contributed by atoms with Gasteiger partial charge in [0.1, 0.15) is 5.75 Å². The van der Waals surface area contributed by atoms with Crippen LogP contribution in [0.1, 0.15) is 25.3 Å². The van der Waals surface area contributed by atoms with Crippen LogP contribution < -0.4 is 15.0 Å². The SMILES string of the molecule is CCC(=O)N1CCc2cc(S(=O)(=O)CCC(=O)Nc3nc4ccc(OC)cc4s3)ccc21. The lowest BCUT2D eigenvalue weighted by Gasteiger charge is -2.16. The molecular weight excluding hydrogens is 450 g/mol. The van der Waals surface area contributed by atoms with Gasteiger partial charge in [0.05, 0.1) is 28.0 Å². The molecule has 0 aliphatic carbocycles. The monoisotopic (exact) mass is 473 g/mol. The fourth-order valence-electron chi connectivity index (χ4n) is 3.63. The van der Waals surface area contributed by atoms with Crippen molar-refractivity contribution in [3.8, 4) is 5.75 Å². The summed E-state index contributed by atoms with van der Waals surface area (Å²) in [4.78, 5) is 30.6. The van der Waals surface area contributed by atoms with E-state index in [9.17, 15) is 18.0 Å². The lowest BCUT2D eigenvalue weighted by molar-refractivity contribution is -0.118. The fourth-order valence-corrected chi connectivity index (χ4v) is 5.83. The van der Waals surface area contributed by atoms with Gasteiger partial charge in [-0.3, -0.25) is 9.59 Å². The lowest BCUT2D eigenvalue weighted by atomic mass is 10.2. The van der Waals surface area contributed by atoms with Crippen LogP contribution >= 0.6 is 11.3 Å². The van der Waals surface area contributed by atoms with E-state index >= 15 is 0 Å². The number of aromatic nitrogens is 1. The van der Waals surface area contributed by atoms with Crippen molar-refractivity contribution >= 4 is 54.0 Å². The number of benzene rings is 2. The maximum absolute atomic E-state index is 12.8. The highest BCUT2D eigenvalue weighted by Gasteiger charge is 2.26. The van der Waals surface area contributed by atoms with E-state index in [4.69, 9.17) is 4.74 Å². The highest BCUT2D eigenvalue weighted by Crippen LogP contribution is 2.31.